The van der Waals surface area contributed by atoms with Crippen LogP contribution in [0.3, 0.4) is 0 Å². The SMILES string of the molecule is CN(C)c1ccc(N2C(=NC(=O)CCC3CCCC3)S[C@H]3CS(=O)(=O)C[C@H]32)cc1. The Balaban J connectivity index is 1.55. The highest BCUT2D eigenvalue weighted by molar-refractivity contribution is 8.16. The van der Waals surface area contributed by atoms with Gasteiger partial charge in [-0.3, -0.25) is 4.79 Å². The fourth-order valence-corrected chi connectivity index (χ4v) is 8.50. The van der Waals surface area contributed by atoms with Gasteiger partial charge in [0.2, 0.25) is 5.91 Å². The number of amides is 1. The third-order valence-corrected chi connectivity index (χ3v) is 9.38. The monoisotopic (exact) mass is 435 g/mol. The number of amidine groups is 1. The molecule has 3 fully saturated rings. The summed E-state index contributed by atoms with van der Waals surface area (Å²) >= 11 is 1.45. The molecule has 4 rings (SSSR count). The van der Waals surface area contributed by atoms with E-state index in [-0.39, 0.29) is 28.7 Å². The molecule has 2 saturated heterocycles. The van der Waals surface area contributed by atoms with Crippen molar-refractivity contribution in [1.82, 2.24) is 0 Å². The molecule has 1 aliphatic carbocycles. The van der Waals surface area contributed by atoms with Gasteiger partial charge in [0.1, 0.15) is 0 Å². The van der Waals surface area contributed by atoms with Crippen LogP contribution in [-0.2, 0) is 14.6 Å². The minimum atomic E-state index is -3.05. The summed E-state index contributed by atoms with van der Waals surface area (Å²) in [5.74, 6) is 0.853. The van der Waals surface area contributed by atoms with Crippen molar-refractivity contribution >= 4 is 44.0 Å². The molecule has 0 unspecified atom stereocenters. The Morgan fingerprint density at radius 3 is 2.52 bits per heavy atom. The van der Waals surface area contributed by atoms with E-state index >= 15 is 0 Å². The number of hydrogen-bond donors (Lipinski definition) is 0. The number of benzene rings is 1. The smallest absolute Gasteiger partial charge is 0.248 e. The first-order chi connectivity index (χ1) is 13.8. The second-order valence-electron chi connectivity index (χ2n) is 8.56. The number of fused-ring (bicyclic) bond motifs is 1. The normalized spacial score (nSPS) is 27.5. The predicted molar refractivity (Wildman–Crippen MR) is 121 cm³/mol. The lowest BCUT2D eigenvalue weighted by atomic mass is 10.0. The Bertz CT molecular complexity index is 890. The molecule has 0 spiro atoms. The van der Waals surface area contributed by atoms with Gasteiger partial charge in [0, 0.05) is 37.1 Å². The van der Waals surface area contributed by atoms with E-state index in [0.29, 0.717) is 17.5 Å². The summed E-state index contributed by atoms with van der Waals surface area (Å²) in [6, 6.07) is 7.84. The standard InChI is InChI=1S/C21H29N3O3S2/c1-23(2)16-8-10-17(11-9-16)24-18-13-29(26,27)14-19(18)28-21(24)22-20(25)12-7-15-5-3-4-6-15/h8-11,15,18-19H,3-7,12-14H2,1-2H3/t18-,19+/m1/s1. The summed E-state index contributed by atoms with van der Waals surface area (Å²) in [6.45, 7) is 0. The van der Waals surface area contributed by atoms with Crippen LogP contribution < -0.4 is 9.80 Å². The van der Waals surface area contributed by atoms with Crippen molar-refractivity contribution < 1.29 is 13.2 Å². The Labute approximate surface area is 177 Å². The number of rotatable bonds is 5. The number of carbonyl (C=O) groups excluding carboxylic acids is 1. The van der Waals surface area contributed by atoms with Crippen LogP contribution in [0.2, 0.25) is 0 Å². The van der Waals surface area contributed by atoms with Crippen molar-refractivity contribution in [3.05, 3.63) is 24.3 Å². The van der Waals surface area contributed by atoms with Crippen LogP contribution in [0.15, 0.2) is 29.3 Å². The second-order valence-corrected chi connectivity index (χ2v) is 11.9. The molecule has 29 heavy (non-hydrogen) atoms. The summed E-state index contributed by atoms with van der Waals surface area (Å²) in [6.07, 6.45) is 6.40. The van der Waals surface area contributed by atoms with Crippen LogP contribution in [0.1, 0.15) is 38.5 Å². The largest absolute Gasteiger partial charge is 0.378 e. The quantitative estimate of drug-likeness (QED) is 0.707. The summed E-state index contributed by atoms with van der Waals surface area (Å²) in [5, 5.41) is 0.596. The van der Waals surface area contributed by atoms with Gasteiger partial charge in [-0.2, -0.15) is 4.99 Å². The van der Waals surface area contributed by atoms with E-state index in [1.807, 2.05) is 48.2 Å². The lowest BCUT2D eigenvalue weighted by Gasteiger charge is -2.25. The van der Waals surface area contributed by atoms with E-state index < -0.39 is 9.84 Å². The van der Waals surface area contributed by atoms with Crippen LogP contribution >= 0.6 is 11.8 Å². The molecule has 0 N–H and O–H groups in total. The molecule has 1 saturated carbocycles. The third kappa shape index (κ3) is 4.63. The molecule has 1 aromatic rings. The Morgan fingerprint density at radius 2 is 1.86 bits per heavy atom. The first-order valence-corrected chi connectivity index (χ1v) is 13.1. The molecular weight excluding hydrogens is 406 g/mol. The molecule has 0 radical (unpaired) electrons. The van der Waals surface area contributed by atoms with Crippen LogP contribution in [0, 0.1) is 5.92 Å². The zero-order chi connectivity index (χ0) is 20.6. The van der Waals surface area contributed by atoms with Crippen LogP contribution in [0.5, 0.6) is 0 Å². The van der Waals surface area contributed by atoms with Crippen molar-refractivity contribution in [3.63, 3.8) is 0 Å². The van der Waals surface area contributed by atoms with Gasteiger partial charge in [-0.05, 0) is 36.6 Å². The van der Waals surface area contributed by atoms with Gasteiger partial charge in [0.25, 0.3) is 0 Å². The highest BCUT2D eigenvalue weighted by atomic mass is 32.2. The number of aliphatic imine (C=N–C) groups is 1. The van der Waals surface area contributed by atoms with E-state index in [9.17, 15) is 13.2 Å². The molecule has 2 aliphatic heterocycles. The van der Waals surface area contributed by atoms with Crippen molar-refractivity contribution in [2.24, 2.45) is 10.9 Å². The van der Waals surface area contributed by atoms with Gasteiger partial charge in [-0.15, -0.1) is 0 Å². The fraction of sp³-hybridized carbons (Fsp3) is 0.619. The molecular formula is C21H29N3O3S2. The highest BCUT2D eigenvalue weighted by Crippen LogP contribution is 2.41. The Kier molecular flexibility index (Phi) is 5.93. The lowest BCUT2D eigenvalue weighted by Crippen LogP contribution is -2.37. The summed E-state index contributed by atoms with van der Waals surface area (Å²) in [5.41, 5.74) is 1.97. The van der Waals surface area contributed by atoms with E-state index in [4.69, 9.17) is 0 Å². The first kappa shape index (κ1) is 20.7. The Hall–Kier alpha value is -1.54. The van der Waals surface area contributed by atoms with Gasteiger partial charge in [0.15, 0.2) is 15.0 Å². The summed E-state index contributed by atoms with van der Waals surface area (Å²) in [7, 11) is 0.913. The average Bonchev–Trinajstić information content (AvgIpc) is 3.34. The minimum absolute atomic E-state index is 0.0603. The first-order valence-electron chi connectivity index (χ1n) is 10.4. The molecule has 2 heterocycles. The number of anilines is 2. The van der Waals surface area contributed by atoms with Gasteiger partial charge >= 0.3 is 0 Å². The number of carbonyl (C=O) groups is 1. The topological polar surface area (TPSA) is 70.0 Å². The van der Waals surface area contributed by atoms with E-state index in [1.54, 1.807) is 0 Å². The maximum Gasteiger partial charge on any atom is 0.248 e. The highest BCUT2D eigenvalue weighted by Gasteiger charge is 2.49. The van der Waals surface area contributed by atoms with Gasteiger partial charge in [-0.25, -0.2) is 8.42 Å². The third-order valence-electron chi connectivity index (χ3n) is 6.17. The molecule has 2 atom stereocenters. The maximum atomic E-state index is 12.6. The molecule has 0 bridgehead atoms. The van der Waals surface area contributed by atoms with E-state index in [2.05, 4.69) is 4.99 Å². The van der Waals surface area contributed by atoms with E-state index in [0.717, 1.165) is 17.8 Å². The minimum Gasteiger partial charge on any atom is -0.378 e. The molecule has 1 aromatic carbocycles. The van der Waals surface area contributed by atoms with Crippen molar-refractivity contribution in [3.8, 4) is 0 Å². The second kappa shape index (κ2) is 8.30. The van der Waals surface area contributed by atoms with Crippen molar-refractivity contribution in [2.45, 2.75) is 49.8 Å². The average molecular weight is 436 g/mol. The zero-order valence-electron chi connectivity index (χ0n) is 17.1. The lowest BCUT2D eigenvalue weighted by molar-refractivity contribution is -0.118. The zero-order valence-corrected chi connectivity index (χ0v) is 18.7. The molecule has 0 aromatic heterocycles. The molecule has 1 amide bonds. The van der Waals surface area contributed by atoms with Gasteiger partial charge < -0.3 is 9.80 Å². The maximum absolute atomic E-state index is 12.6. The Morgan fingerprint density at radius 1 is 1.17 bits per heavy atom. The number of hydrogen-bond acceptors (Lipinski definition) is 5. The molecule has 3 aliphatic rings. The van der Waals surface area contributed by atoms with E-state index in [1.165, 1.54) is 37.4 Å². The van der Waals surface area contributed by atoms with Crippen LogP contribution in [-0.4, -0.2) is 56.4 Å². The molecule has 158 valence electrons. The molecule has 6 nitrogen and oxygen atoms in total. The molecule has 8 heteroatoms. The van der Waals surface area contributed by atoms with Crippen LogP contribution in [0.25, 0.3) is 0 Å². The van der Waals surface area contributed by atoms with Crippen LogP contribution in [0.4, 0.5) is 11.4 Å². The summed E-state index contributed by atoms with van der Waals surface area (Å²) < 4.78 is 24.4. The van der Waals surface area contributed by atoms with Gasteiger partial charge in [0.05, 0.1) is 17.5 Å². The number of sulfone groups is 1. The number of nitrogens with zero attached hydrogens (tertiary/aromatic N) is 3. The van der Waals surface area contributed by atoms with Crippen molar-refractivity contribution in [2.75, 3.05) is 35.4 Å². The summed E-state index contributed by atoms with van der Waals surface area (Å²) in [4.78, 5) is 21.0. The fourth-order valence-electron chi connectivity index (χ4n) is 4.57. The van der Waals surface area contributed by atoms with Gasteiger partial charge in [-0.1, -0.05) is 37.4 Å². The van der Waals surface area contributed by atoms with Crippen molar-refractivity contribution in [1.29, 1.82) is 0 Å². The predicted octanol–water partition coefficient (Wildman–Crippen LogP) is 3.32. The number of thioether (sulfide) groups is 1.